The Morgan fingerprint density at radius 2 is 1.89 bits per heavy atom. The minimum absolute atomic E-state index is 0.0298. The lowest BCUT2D eigenvalue weighted by molar-refractivity contribution is -0.137. The van der Waals surface area contributed by atoms with Gasteiger partial charge in [0.1, 0.15) is 0 Å². The second-order valence-electron chi connectivity index (χ2n) is 4.31. The average Bonchev–Trinajstić information content (AvgIpc) is 2.38. The van der Waals surface area contributed by atoms with Gasteiger partial charge in [-0.3, -0.25) is 9.59 Å². The molecule has 0 aliphatic rings. The Kier molecular flexibility index (Phi) is 5.79. The van der Waals surface area contributed by atoms with Crippen LogP contribution in [-0.4, -0.2) is 35.0 Å². The van der Waals surface area contributed by atoms with Crippen LogP contribution in [0.1, 0.15) is 24.5 Å². The van der Waals surface area contributed by atoms with E-state index in [2.05, 4.69) is 0 Å². The molecule has 0 heterocycles. The van der Waals surface area contributed by atoms with Gasteiger partial charge in [-0.05, 0) is 25.5 Å². The Morgan fingerprint density at radius 3 is 2.42 bits per heavy atom. The number of carbonyl (C=O) groups is 2. The molecule has 19 heavy (non-hydrogen) atoms. The third-order valence-corrected chi connectivity index (χ3v) is 2.78. The molecular formula is C15H19NO3. The van der Waals surface area contributed by atoms with Crippen molar-refractivity contribution in [2.75, 3.05) is 13.1 Å². The molecule has 1 N–H and O–H groups in total. The number of aliphatic carboxylic acids is 1. The first-order chi connectivity index (χ1) is 9.02. The standard InChI is InChI=1S/C15H19NO3/c1-3-16(11-10-15(18)19)14(17)9-8-13-6-4-12(2)5-7-13/h4-9H,3,10-11H2,1-2H3,(H,18,19)/b9-8+. The van der Waals surface area contributed by atoms with Crippen LogP contribution in [0.25, 0.3) is 6.08 Å². The summed E-state index contributed by atoms with van der Waals surface area (Å²) in [6.45, 7) is 4.58. The smallest absolute Gasteiger partial charge is 0.305 e. The van der Waals surface area contributed by atoms with Crippen LogP contribution >= 0.6 is 0 Å². The highest BCUT2D eigenvalue weighted by atomic mass is 16.4. The third-order valence-electron chi connectivity index (χ3n) is 2.78. The number of rotatable bonds is 6. The molecule has 0 radical (unpaired) electrons. The predicted molar refractivity (Wildman–Crippen MR) is 74.7 cm³/mol. The number of likely N-dealkylation sites (N-methyl/N-ethyl adjacent to an activating group) is 1. The van der Waals surface area contributed by atoms with Gasteiger partial charge in [-0.25, -0.2) is 0 Å². The van der Waals surface area contributed by atoms with Gasteiger partial charge in [0.25, 0.3) is 0 Å². The van der Waals surface area contributed by atoms with Gasteiger partial charge >= 0.3 is 5.97 Å². The molecule has 1 aromatic carbocycles. The van der Waals surface area contributed by atoms with E-state index in [4.69, 9.17) is 5.11 Å². The molecule has 0 saturated heterocycles. The van der Waals surface area contributed by atoms with E-state index in [9.17, 15) is 9.59 Å². The van der Waals surface area contributed by atoms with Crippen LogP contribution in [0, 0.1) is 6.92 Å². The summed E-state index contributed by atoms with van der Waals surface area (Å²) in [7, 11) is 0. The fourth-order valence-electron chi connectivity index (χ4n) is 1.61. The van der Waals surface area contributed by atoms with E-state index in [1.807, 2.05) is 38.1 Å². The van der Waals surface area contributed by atoms with Crippen molar-refractivity contribution >= 4 is 18.0 Å². The second-order valence-corrected chi connectivity index (χ2v) is 4.31. The van der Waals surface area contributed by atoms with Crippen LogP contribution < -0.4 is 0 Å². The molecule has 0 bridgehead atoms. The molecule has 0 aliphatic carbocycles. The lowest BCUT2D eigenvalue weighted by atomic mass is 10.1. The monoisotopic (exact) mass is 261 g/mol. The molecule has 0 aliphatic heterocycles. The van der Waals surface area contributed by atoms with E-state index in [1.165, 1.54) is 16.5 Å². The Morgan fingerprint density at radius 1 is 1.26 bits per heavy atom. The number of carbonyl (C=O) groups excluding carboxylic acids is 1. The van der Waals surface area contributed by atoms with E-state index in [0.29, 0.717) is 6.54 Å². The summed E-state index contributed by atoms with van der Waals surface area (Å²) in [6, 6.07) is 7.83. The molecule has 1 aromatic rings. The molecule has 1 amide bonds. The van der Waals surface area contributed by atoms with Gasteiger partial charge in [0.05, 0.1) is 6.42 Å². The van der Waals surface area contributed by atoms with Gasteiger partial charge in [-0.15, -0.1) is 0 Å². The number of nitrogens with zero attached hydrogens (tertiary/aromatic N) is 1. The summed E-state index contributed by atoms with van der Waals surface area (Å²) < 4.78 is 0. The van der Waals surface area contributed by atoms with Gasteiger partial charge in [-0.1, -0.05) is 29.8 Å². The van der Waals surface area contributed by atoms with Crippen LogP contribution in [0.15, 0.2) is 30.3 Å². The largest absolute Gasteiger partial charge is 0.481 e. The maximum atomic E-state index is 11.9. The molecular weight excluding hydrogens is 242 g/mol. The van der Waals surface area contributed by atoms with Crippen molar-refractivity contribution in [1.29, 1.82) is 0 Å². The molecule has 0 saturated carbocycles. The molecule has 0 unspecified atom stereocenters. The molecule has 0 fully saturated rings. The van der Waals surface area contributed by atoms with E-state index >= 15 is 0 Å². The maximum Gasteiger partial charge on any atom is 0.305 e. The fourth-order valence-corrected chi connectivity index (χ4v) is 1.61. The van der Waals surface area contributed by atoms with Crippen molar-refractivity contribution < 1.29 is 14.7 Å². The quantitative estimate of drug-likeness (QED) is 0.800. The summed E-state index contributed by atoms with van der Waals surface area (Å²) in [5, 5.41) is 8.62. The highest BCUT2D eigenvalue weighted by Gasteiger charge is 2.09. The van der Waals surface area contributed by atoms with Crippen LogP contribution in [0.4, 0.5) is 0 Å². The van der Waals surface area contributed by atoms with Crippen molar-refractivity contribution in [3.8, 4) is 0 Å². The molecule has 0 atom stereocenters. The number of carboxylic acids is 1. The van der Waals surface area contributed by atoms with Crippen molar-refractivity contribution in [1.82, 2.24) is 4.90 Å². The Labute approximate surface area is 113 Å². The number of carboxylic acid groups (broad SMARTS) is 1. The van der Waals surface area contributed by atoms with Crippen LogP contribution in [0.2, 0.25) is 0 Å². The lowest BCUT2D eigenvalue weighted by Gasteiger charge is -2.17. The van der Waals surface area contributed by atoms with Gasteiger partial charge < -0.3 is 10.0 Å². The SMILES string of the molecule is CCN(CCC(=O)O)C(=O)/C=C/c1ccc(C)cc1. The summed E-state index contributed by atoms with van der Waals surface area (Å²) in [4.78, 5) is 23.9. The number of hydrogen-bond acceptors (Lipinski definition) is 2. The van der Waals surface area contributed by atoms with Crippen molar-refractivity contribution in [3.63, 3.8) is 0 Å². The minimum Gasteiger partial charge on any atom is -0.481 e. The summed E-state index contributed by atoms with van der Waals surface area (Å²) in [5.41, 5.74) is 2.12. The highest BCUT2D eigenvalue weighted by Crippen LogP contribution is 2.05. The Balaban J connectivity index is 2.60. The van der Waals surface area contributed by atoms with Gasteiger partial charge in [0, 0.05) is 19.2 Å². The van der Waals surface area contributed by atoms with Crippen LogP contribution in [0.5, 0.6) is 0 Å². The lowest BCUT2D eigenvalue weighted by Crippen LogP contribution is -2.31. The van der Waals surface area contributed by atoms with E-state index in [1.54, 1.807) is 6.08 Å². The zero-order valence-electron chi connectivity index (χ0n) is 11.3. The Bertz CT molecular complexity index is 463. The molecule has 4 heteroatoms. The average molecular weight is 261 g/mol. The summed E-state index contributed by atoms with van der Waals surface area (Å²) in [6.07, 6.45) is 3.19. The summed E-state index contributed by atoms with van der Waals surface area (Å²) >= 11 is 0. The van der Waals surface area contributed by atoms with Crippen molar-refractivity contribution in [2.24, 2.45) is 0 Å². The number of hydrogen-bond donors (Lipinski definition) is 1. The van der Waals surface area contributed by atoms with E-state index < -0.39 is 5.97 Å². The molecule has 0 spiro atoms. The van der Waals surface area contributed by atoms with Crippen molar-refractivity contribution in [3.05, 3.63) is 41.5 Å². The molecule has 0 aromatic heterocycles. The number of benzene rings is 1. The van der Waals surface area contributed by atoms with Gasteiger partial charge in [-0.2, -0.15) is 0 Å². The first-order valence-corrected chi connectivity index (χ1v) is 6.28. The van der Waals surface area contributed by atoms with Gasteiger partial charge in [0.2, 0.25) is 5.91 Å². The van der Waals surface area contributed by atoms with Crippen molar-refractivity contribution in [2.45, 2.75) is 20.3 Å². The van der Waals surface area contributed by atoms with Crippen LogP contribution in [0.3, 0.4) is 0 Å². The maximum absolute atomic E-state index is 11.9. The van der Waals surface area contributed by atoms with Crippen LogP contribution in [-0.2, 0) is 9.59 Å². The van der Waals surface area contributed by atoms with Gasteiger partial charge in [0.15, 0.2) is 0 Å². The summed E-state index contributed by atoms with van der Waals surface area (Å²) in [5.74, 6) is -1.06. The van der Waals surface area contributed by atoms with E-state index in [0.717, 1.165) is 5.56 Å². The molecule has 102 valence electrons. The fraction of sp³-hybridized carbons (Fsp3) is 0.333. The Hall–Kier alpha value is -2.10. The molecule has 4 nitrogen and oxygen atoms in total. The number of aryl methyl sites for hydroxylation is 1. The first-order valence-electron chi connectivity index (χ1n) is 6.28. The van der Waals surface area contributed by atoms with E-state index in [-0.39, 0.29) is 18.9 Å². The first kappa shape index (κ1) is 15.0. The predicted octanol–water partition coefficient (Wildman–Crippen LogP) is 2.33. The zero-order chi connectivity index (χ0) is 14.3. The normalized spacial score (nSPS) is 10.6. The molecule has 1 rings (SSSR count). The third kappa shape index (κ3) is 5.38. The zero-order valence-corrected chi connectivity index (χ0v) is 11.3. The number of amides is 1. The highest BCUT2D eigenvalue weighted by molar-refractivity contribution is 5.92. The topological polar surface area (TPSA) is 57.6 Å². The second kappa shape index (κ2) is 7.36. The minimum atomic E-state index is -0.895.